The van der Waals surface area contributed by atoms with Crippen LogP contribution in [0.5, 0.6) is 11.5 Å². The van der Waals surface area contributed by atoms with Gasteiger partial charge in [-0.2, -0.15) is 5.26 Å². The van der Waals surface area contributed by atoms with Gasteiger partial charge in [0.1, 0.15) is 22.6 Å². The quantitative estimate of drug-likeness (QED) is 0.539. The zero-order valence-electron chi connectivity index (χ0n) is 20.3. The van der Waals surface area contributed by atoms with Gasteiger partial charge in [0.15, 0.2) is 5.78 Å². The number of allylic oxidation sites excluding steroid dienone is 2. The number of methoxy groups -OCH3 is 2. The second kappa shape index (κ2) is 9.87. The predicted molar refractivity (Wildman–Crippen MR) is 135 cm³/mol. The van der Waals surface area contributed by atoms with Crippen molar-refractivity contribution in [3.63, 3.8) is 0 Å². The molecule has 0 saturated heterocycles. The Balaban J connectivity index is 1.65. The van der Waals surface area contributed by atoms with E-state index in [1.165, 1.54) is 17.7 Å². The summed E-state index contributed by atoms with van der Waals surface area (Å²) in [5, 5.41) is 10.9. The minimum Gasteiger partial charge on any atom is -0.497 e. The van der Waals surface area contributed by atoms with Crippen molar-refractivity contribution in [1.82, 2.24) is 0 Å². The number of hydrogen-bond acceptors (Lipinski definition) is 6. The van der Waals surface area contributed by atoms with Crippen LogP contribution in [0.4, 0.5) is 5.00 Å². The Morgan fingerprint density at radius 1 is 1.00 bits per heavy atom. The number of rotatable bonds is 4. The number of benzene rings is 1. The molecule has 5 rings (SSSR count). The minimum atomic E-state index is -0.367. The number of carbonyl (C=O) groups is 2. The number of fused-ring (bicyclic) bond motifs is 1. The molecule has 0 radical (unpaired) electrons. The first kappa shape index (κ1) is 23.6. The standard InChI is InChI=1S/C28H30N2O4S/c1-33-17-12-13-18(24(14-17)34-2)20-15-26(32)30(22-9-7-10-23(31)27(20)22)28-21(16-29)19-8-5-3-4-6-11-25(19)35-28/h12-14,20H,3-11,15H2,1-2H3/t20-/m1/s1. The summed E-state index contributed by atoms with van der Waals surface area (Å²) < 4.78 is 11.0. The van der Waals surface area contributed by atoms with E-state index in [0.29, 0.717) is 46.9 Å². The summed E-state index contributed by atoms with van der Waals surface area (Å²) >= 11 is 1.58. The van der Waals surface area contributed by atoms with Crippen molar-refractivity contribution in [2.24, 2.45) is 0 Å². The van der Waals surface area contributed by atoms with Gasteiger partial charge < -0.3 is 9.47 Å². The van der Waals surface area contributed by atoms with Crippen molar-refractivity contribution in [2.45, 2.75) is 70.1 Å². The molecule has 3 aliphatic rings. The van der Waals surface area contributed by atoms with Gasteiger partial charge in [0.25, 0.3) is 0 Å². The van der Waals surface area contributed by atoms with E-state index in [1.807, 2.05) is 12.1 Å². The number of nitriles is 1. The Bertz CT molecular complexity index is 1250. The molecule has 1 atom stereocenters. The van der Waals surface area contributed by atoms with Gasteiger partial charge in [0.2, 0.25) is 5.91 Å². The number of thiophene rings is 1. The van der Waals surface area contributed by atoms with Gasteiger partial charge in [-0.1, -0.05) is 18.9 Å². The zero-order chi connectivity index (χ0) is 24.5. The van der Waals surface area contributed by atoms with Gasteiger partial charge in [0, 0.05) is 46.5 Å². The summed E-state index contributed by atoms with van der Waals surface area (Å²) in [6.45, 7) is 0. The number of ketones is 1. The number of Topliss-reactive ketones (excluding diaryl/α,β-unsaturated/α-hetero) is 1. The Morgan fingerprint density at radius 3 is 2.54 bits per heavy atom. The third kappa shape index (κ3) is 4.14. The number of nitrogens with zero attached hydrogens (tertiary/aromatic N) is 2. The van der Waals surface area contributed by atoms with Crippen molar-refractivity contribution in [2.75, 3.05) is 19.1 Å². The highest BCUT2D eigenvalue weighted by Gasteiger charge is 2.42. The van der Waals surface area contributed by atoms with Gasteiger partial charge in [-0.3, -0.25) is 14.5 Å². The fourth-order valence-corrected chi connectivity index (χ4v) is 7.16. The van der Waals surface area contributed by atoms with Crippen LogP contribution in [0.15, 0.2) is 29.5 Å². The lowest BCUT2D eigenvalue weighted by Gasteiger charge is -2.38. The second-order valence-electron chi connectivity index (χ2n) is 9.44. The van der Waals surface area contributed by atoms with E-state index < -0.39 is 0 Å². The molecular formula is C28H30N2O4S. The molecule has 1 aliphatic heterocycles. The highest BCUT2D eigenvalue weighted by molar-refractivity contribution is 7.16. The molecule has 0 N–H and O–H groups in total. The van der Waals surface area contributed by atoms with E-state index in [9.17, 15) is 14.9 Å². The van der Waals surface area contributed by atoms with Crippen LogP contribution in [-0.4, -0.2) is 25.9 Å². The maximum Gasteiger partial charge on any atom is 0.232 e. The first-order chi connectivity index (χ1) is 17.1. The Kier molecular flexibility index (Phi) is 6.66. The van der Waals surface area contributed by atoms with Gasteiger partial charge in [0.05, 0.1) is 19.8 Å². The first-order valence-electron chi connectivity index (χ1n) is 12.4. The zero-order valence-corrected chi connectivity index (χ0v) is 21.1. The van der Waals surface area contributed by atoms with E-state index in [1.54, 1.807) is 36.5 Å². The molecule has 0 unspecified atom stereocenters. The van der Waals surface area contributed by atoms with Crippen LogP contribution >= 0.6 is 11.3 Å². The third-order valence-corrected chi connectivity index (χ3v) is 8.74. The molecule has 1 aromatic carbocycles. The molecule has 0 bridgehead atoms. The highest BCUT2D eigenvalue weighted by Crippen LogP contribution is 2.49. The molecule has 182 valence electrons. The lowest BCUT2D eigenvalue weighted by atomic mass is 9.77. The normalized spacial score (nSPS) is 20.5. The van der Waals surface area contributed by atoms with Crippen LogP contribution in [0.2, 0.25) is 0 Å². The molecule has 2 aromatic rings. The van der Waals surface area contributed by atoms with E-state index in [2.05, 4.69) is 6.07 Å². The van der Waals surface area contributed by atoms with Crippen LogP contribution in [0.25, 0.3) is 0 Å². The Hall–Kier alpha value is -3.11. The van der Waals surface area contributed by atoms with Gasteiger partial charge >= 0.3 is 0 Å². The number of anilines is 1. The van der Waals surface area contributed by atoms with E-state index in [4.69, 9.17) is 9.47 Å². The molecule has 7 heteroatoms. The maximum absolute atomic E-state index is 13.8. The highest BCUT2D eigenvalue weighted by atomic mass is 32.1. The number of hydrogen-bond donors (Lipinski definition) is 0. The van der Waals surface area contributed by atoms with Crippen LogP contribution in [0, 0.1) is 11.3 Å². The smallest absolute Gasteiger partial charge is 0.232 e. The van der Waals surface area contributed by atoms with Crippen LogP contribution in [0.1, 0.15) is 78.9 Å². The molecular weight excluding hydrogens is 460 g/mol. The molecule has 6 nitrogen and oxygen atoms in total. The third-order valence-electron chi connectivity index (χ3n) is 7.46. The molecule has 0 fully saturated rings. The number of carbonyl (C=O) groups excluding carboxylic acids is 2. The van der Waals surface area contributed by atoms with Gasteiger partial charge in [-0.15, -0.1) is 11.3 Å². The molecule has 2 aliphatic carbocycles. The van der Waals surface area contributed by atoms with Crippen molar-refractivity contribution < 1.29 is 19.1 Å². The molecule has 0 saturated carbocycles. The largest absolute Gasteiger partial charge is 0.497 e. The SMILES string of the molecule is COc1ccc([C@H]2CC(=O)N(c3sc4c(c3C#N)CCCCCC4)C3=C2C(=O)CCC3)c(OC)c1. The minimum absolute atomic E-state index is 0.0629. The Morgan fingerprint density at radius 2 is 1.80 bits per heavy atom. The van der Waals surface area contributed by atoms with Gasteiger partial charge in [-0.05, 0) is 50.2 Å². The Labute approximate surface area is 210 Å². The summed E-state index contributed by atoms with van der Waals surface area (Å²) in [5.41, 5.74) is 4.03. The monoisotopic (exact) mass is 490 g/mol. The predicted octanol–water partition coefficient (Wildman–Crippen LogP) is 5.82. The van der Waals surface area contributed by atoms with Crippen LogP contribution in [-0.2, 0) is 22.4 Å². The number of amides is 1. The first-order valence-corrected chi connectivity index (χ1v) is 13.2. The summed E-state index contributed by atoms with van der Waals surface area (Å²) in [4.78, 5) is 30.1. The van der Waals surface area contributed by atoms with Crippen molar-refractivity contribution >= 4 is 28.0 Å². The van der Waals surface area contributed by atoms with E-state index in [0.717, 1.165) is 42.5 Å². The molecule has 1 amide bonds. The molecule has 0 spiro atoms. The summed E-state index contributed by atoms with van der Waals surface area (Å²) in [7, 11) is 3.19. The lowest BCUT2D eigenvalue weighted by molar-refractivity contribution is -0.119. The van der Waals surface area contributed by atoms with Gasteiger partial charge in [-0.25, -0.2) is 0 Å². The van der Waals surface area contributed by atoms with Crippen LogP contribution in [0.3, 0.4) is 0 Å². The number of aryl methyl sites for hydroxylation is 1. The van der Waals surface area contributed by atoms with Crippen molar-refractivity contribution in [1.29, 1.82) is 5.26 Å². The van der Waals surface area contributed by atoms with Crippen molar-refractivity contribution in [3.8, 4) is 17.6 Å². The average molecular weight is 491 g/mol. The topological polar surface area (TPSA) is 79.6 Å². The average Bonchev–Trinajstić information content (AvgIpc) is 3.18. The number of ether oxygens (including phenoxy) is 2. The van der Waals surface area contributed by atoms with E-state index >= 15 is 0 Å². The molecule has 2 heterocycles. The fraction of sp³-hybridized carbons (Fsp3) is 0.464. The fourth-order valence-electron chi connectivity index (χ4n) is 5.78. The summed E-state index contributed by atoms with van der Waals surface area (Å²) in [6, 6.07) is 7.96. The van der Waals surface area contributed by atoms with Crippen molar-refractivity contribution in [3.05, 3.63) is 51.0 Å². The maximum atomic E-state index is 13.8. The lowest BCUT2D eigenvalue weighted by Crippen LogP contribution is -2.40. The second-order valence-corrected chi connectivity index (χ2v) is 10.5. The van der Waals surface area contributed by atoms with E-state index in [-0.39, 0.29) is 24.0 Å². The summed E-state index contributed by atoms with van der Waals surface area (Å²) in [6.07, 6.45) is 8.38. The molecule has 35 heavy (non-hydrogen) atoms. The van der Waals surface area contributed by atoms with Crippen LogP contribution < -0.4 is 14.4 Å². The molecule has 1 aromatic heterocycles. The summed E-state index contributed by atoms with van der Waals surface area (Å²) in [5.74, 6) is 0.923.